The van der Waals surface area contributed by atoms with Crippen LogP contribution in [0.4, 0.5) is 0 Å². The maximum atomic E-state index is 8.41. The van der Waals surface area contributed by atoms with E-state index in [1.54, 1.807) is 24.3 Å². The van der Waals surface area contributed by atoms with Crippen LogP contribution in [0.15, 0.2) is 24.3 Å². The van der Waals surface area contributed by atoms with E-state index >= 15 is 0 Å². The van der Waals surface area contributed by atoms with Gasteiger partial charge in [-0.05, 0) is 31.2 Å². The van der Waals surface area contributed by atoms with Gasteiger partial charge >= 0.3 is 0 Å². The summed E-state index contributed by atoms with van der Waals surface area (Å²) in [5.74, 6) is 0.743. The number of rotatable bonds is 4. The number of hydrogen-bond acceptors (Lipinski definition) is 3. The van der Waals surface area contributed by atoms with E-state index in [0.717, 1.165) is 5.75 Å². The van der Waals surface area contributed by atoms with Crippen LogP contribution in [0.3, 0.4) is 0 Å². The molecular weight excluding hydrogens is 190 g/mol. The Balaban J connectivity index is 2.49. The first kappa shape index (κ1) is 10.3. The molecule has 0 radical (unpaired) electrons. The molecule has 4 heteroatoms. The molecule has 0 saturated carbocycles. The van der Waals surface area contributed by atoms with Gasteiger partial charge in [-0.2, -0.15) is 0 Å². The Hall–Kier alpha value is -0.770. The third-order valence-electron chi connectivity index (χ3n) is 1.53. The lowest BCUT2D eigenvalue weighted by Crippen LogP contribution is -2.26. The zero-order chi connectivity index (χ0) is 9.68. The minimum absolute atomic E-state index is 0.0776. The van der Waals surface area contributed by atoms with Crippen LogP contribution in [-0.2, 0) is 0 Å². The molecule has 0 fully saturated rings. The average Bonchev–Trinajstić information content (AvgIpc) is 2.09. The molecule has 0 spiro atoms. The van der Waals surface area contributed by atoms with Crippen LogP contribution in [0.2, 0.25) is 5.02 Å². The number of hydrogen-bond donors (Lipinski definition) is 2. The zero-order valence-electron chi connectivity index (χ0n) is 7.33. The highest BCUT2D eigenvalue weighted by atomic mass is 35.5. The van der Waals surface area contributed by atoms with E-state index in [4.69, 9.17) is 21.5 Å². The molecule has 0 heterocycles. The van der Waals surface area contributed by atoms with Gasteiger partial charge in [-0.3, -0.25) is 0 Å². The van der Waals surface area contributed by atoms with E-state index < -0.39 is 0 Å². The molecule has 0 aliphatic rings. The Kier molecular flexibility index (Phi) is 4.02. The molecule has 1 rings (SSSR count). The Morgan fingerprint density at radius 1 is 1.46 bits per heavy atom. The molecule has 72 valence electrons. The van der Waals surface area contributed by atoms with Crippen LogP contribution in [0, 0.1) is 0 Å². The third-order valence-corrected chi connectivity index (χ3v) is 1.78. The highest BCUT2D eigenvalue weighted by molar-refractivity contribution is 6.30. The molecule has 1 unspecified atom stereocenters. The maximum Gasteiger partial charge on any atom is 0.119 e. The number of halogens is 1. The topological polar surface area (TPSA) is 41.5 Å². The summed E-state index contributed by atoms with van der Waals surface area (Å²) in [6.45, 7) is 2.25. The number of nitrogens with one attached hydrogen (secondary N) is 1. The molecule has 0 aliphatic heterocycles. The fourth-order valence-corrected chi connectivity index (χ4v) is 1.04. The van der Waals surface area contributed by atoms with E-state index in [1.165, 1.54) is 0 Å². The van der Waals surface area contributed by atoms with E-state index in [-0.39, 0.29) is 6.10 Å². The SMILES string of the molecule is CC(CNO)Oc1ccc(Cl)cc1. The van der Waals surface area contributed by atoms with Crippen molar-refractivity contribution in [3.05, 3.63) is 29.3 Å². The highest BCUT2D eigenvalue weighted by Crippen LogP contribution is 2.16. The number of hydroxylamine groups is 1. The van der Waals surface area contributed by atoms with Gasteiger partial charge in [-0.25, -0.2) is 5.48 Å². The first-order valence-corrected chi connectivity index (χ1v) is 4.39. The van der Waals surface area contributed by atoms with E-state index in [1.807, 2.05) is 12.4 Å². The molecular formula is C9H12ClNO2. The summed E-state index contributed by atoms with van der Waals surface area (Å²) < 4.78 is 5.43. The van der Waals surface area contributed by atoms with Gasteiger partial charge in [0.2, 0.25) is 0 Å². The molecule has 2 N–H and O–H groups in total. The lowest BCUT2D eigenvalue weighted by molar-refractivity contribution is 0.113. The van der Waals surface area contributed by atoms with Crippen LogP contribution in [0.1, 0.15) is 6.92 Å². The Morgan fingerprint density at radius 3 is 2.62 bits per heavy atom. The van der Waals surface area contributed by atoms with Crippen LogP contribution >= 0.6 is 11.6 Å². The molecule has 1 aromatic carbocycles. The van der Waals surface area contributed by atoms with Gasteiger partial charge in [0, 0.05) is 5.02 Å². The van der Waals surface area contributed by atoms with Crippen molar-refractivity contribution in [3.63, 3.8) is 0 Å². The lowest BCUT2D eigenvalue weighted by atomic mass is 10.3. The molecule has 0 saturated heterocycles. The van der Waals surface area contributed by atoms with Crippen LogP contribution in [0.5, 0.6) is 5.75 Å². The van der Waals surface area contributed by atoms with Crippen molar-refractivity contribution >= 4 is 11.6 Å². The van der Waals surface area contributed by atoms with Crippen molar-refractivity contribution < 1.29 is 9.94 Å². The largest absolute Gasteiger partial charge is 0.489 e. The smallest absolute Gasteiger partial charge is 0.119 e. The van der Waals surface area contributed by atoms with Crippen LogP contribution in [-0.4, -0.2) is 17.9 Å². The van der Waals surface area contributed by atoms with Gasteiger partial charge in [0.05, 0.1) is 6.54 Å². The molecule has 1 aromatic rings. The van der Waals surface area contributed by atoms with Gasteiger partial charge in [-0.15, -0.1) is 0 Å². The van der Waals surface area contributed by atoms with Gasteiger partial charge in [0.15, 0.2) is 0 Å². The quantitative estimate of drug-likeness (QED) is 0.733. The maximum absolute atomic E-state index is 8.41. The summed E-state index contributed by atoms with van der Waals surface area (Å²) in [7, 11) is 0. The normalized spacial score (nSPS) is 12.5. The summed E-state index contributed by atoms with van der Waals surface area (Å²) in [4.78, 5) is 0. The fourth-order valence-electron chi connectivity index (χ4n) is 0.916. The molecule has 0 aromatic heterocycles. The van der Waals surface area contributed by atoms with Gasteiger partial charge in [0.25, 0.3) is 0 Å². The molecule has 1 atom stereocenters. The van der Waals surface area contributed by atoms with E-state index in [0.29, 0.717) is 11.6 Å². The molecule has 3 nitrogen and oxygen atoms in total. The van der Waals surface area contributed by atoms with Crippen molar-refractivity contribution in [2.45, 2.75) is 13.0 Å². The second-order valence-electron chi connectivity index (χ2n) is 2.74. The van der Waals surface area contributed by atoms with Gasteiger partial charge < -0.3 is 9.94 Å². The molecule has 0 amide bonds. The van der Waals surface area contributed by atoms with Crippen molar-refractivity contribution in [1.82, 2.24) is 5.48 Å². The minimum Gasteiger partial charge on any atom is -0.489 e. The molecule has 13 heavy (non-hydrogen) atoms. The zero-order valence-corrected chi connectivity index (χ0v) is 8.08. The predicted molar refractivity (Wildman–Crippen MR) is 51.3 cm³/mol. The van der Waals surface area contributed by atoms with Crippen molar-refractivity contribution in [3.8, 4) is 5.75 Å². The van der Waals surface area contributed by atoms with E-state index in [2.05, 4.69) is 0 Å². The van der Waals surface area contributed by atoms with Gasteiger partial charge in [0.1, 0.15) is 11.9 Å². The standard InChI is InChI=1S/C9H12ClNO2/c1-7(6-11-12)13-9-4-2-8(10)3-5-9/h2-5,7,11-12H,6H2,1H3. The predicted octanol–water partition coefficient (Wildman–Crippen LogP) is 2.09. The fraction of sp³-hybridized carbons (Fsp3) is 0.333. The van der Waals surface area contributed by atoms with E-state index in [9.17, 15) is 0 Å². The monoisotopic (exact) mass is 201 g/mol. The summed E-state index contributed by atoms with van der Waals surface area (Å²) in [5, 5.41) is 9.09. The van der Waals surface area contributed by atoms with Crippen molar-refractivity contribution in [1.29, 1.82) is 0 Å². The van der Waals surface area contributed by atoms with Crippen molar-refractivity contribution in [2.75, 3.05) is 6.54 Å². The Morgan fingerprint density at radius 2 is 2.08 bits per heavy atom. The third kappa shape index (κ3) is 3.63. The molecule has 0 aliphatic carbocycles. The van der Waals surface area contributed by atoms with Gasteiger partial charge in [-0.1, -0.05) is 11.6 Å². The molecule has 0 bridgehead atoms. The summed E-state index contributed by atoms with van der Waals surface area (Å²) in [5.41, 5.74) is 2.05. The highest BCUT2D eigenvalue weighted by Gasteiger charge is 2.01. The summed E-state index contributed by atoms with van der Waals surface area (Å²) in [6, 6.07) is 7.10. The summed E-state index contributed by atoms with van der Waals surface area (Å²) in [6.07, 6.45) is -0.0776. The second kappa shape index (κ2) is 5.07. The Labute approximate surface area is 82.2 Å². The summed E-state index contributed by atoms with van der Waals surface area (Å²) >= 11 is 5.70. The number of benzene rings is 1. The average molecular weight is 202 g/mol. The van der Waals surface area contributed by atoms with Crippen LogP contribution in [0.25, 0.3) is 0 Å². The Bertz CT molecular complexity index is 250. The first-order chi connectivity index (χ1) is 6.22. The minimum atomic E-state index is -0.0776. The lowest BCUT2D eigenvalue weighted by Gasteiger charge is -2.13. The van der Waals surface area contributed by atoms with Crippen LogP contribution < -0.4 is 10.2 Å². The second-order valence-corrected chi connectivity index (χ2v) is 3.18. The van der Waals surface area contributed by atoms with Crippen molar-refractivity contribution in [2.24, 2.45) is 0 Å². The first-order valence-electron chi connectivity index (χ1n) is 4.01. The number of ether oxygens (including phenoxy) is 1.